The van der Waals surface area contributed by atoms with Crippen LogP contribution in [0.2, 0.25) is 0 Å². The maximum Gasteiger partial charge on any atom is 0.181 e. The number of ketones is 1. The number of Topliss-reactive ketones (excluding diaryl/α,β-unsaturated/α-hetero) is 1. The molecular weight excluding hydrogens is 250 g/mol. The molecule has 0 radical (unpaired) electrons. The van der Waals surface area contributed by atoms with Gasteiger partial charge in [-0.15, -0.1) is 11.6 Å². The molecule has 0 heterocycles. The fourth-order valence-corrected chi connectivity index (χ4v) is 2.94. The second-order valence-corrected chi connectivity index (χ2v) is 5.61. The van der Waals surface area contributed by atoms with Gasteiger partial charge >= 0.3 is 0 Å². The lowest BCUT2D eigenvalue weighted by Crippen LogP contribution is -2.27. The lowest BCUT2D eigenvalue weighted by atomic mass is 9.83. The summed E-state index contributed by atoms with van der Waals surface area (Å²) in [6.45, 7) is 3.96. The van der Waals surface area contributed by atoms with Crippen LogP contribution in [0.5, 0.6) is 0 Å². The number of alkyl halides is 1. The van der Waals surface area contributed by atoms with Crippen molar-refractivity contribution >= 4 is 23.1 Å². The zero-order valence-corrected chi connectivity index (χ0v) is 11.5. The quantitative estimate of drug-likeness (QED) is 0.449. The van der Waals surface area contributed by atoms with Gasteiger partial charge in [0, 0.05) is 11.1 Å². The lowest BCUT2D eigenvalue weighted by molar-refractivity contribution is -0.115. The van der Waals surface area contributed by atoms with Crippen LogP contribution in [0.3, 0.4) is 0 Å². The molecule has 2 aliphatic carbocycles. The minimum absolute atomic E-state index is 0.00427. The number of allylic oxidation sites excluding steroid dienone is 4. The van der Waals surface area contributed by atoms with E-state index in [9.17, 15) is 4.79 Å². The number of carbonyl (C=O) groups excluding carboxylic acids is 1. The smallest absolute Gasteiger partial charge is 0.181 e. The van der Waals surface area contributed by atoms with Crippen LogP contribution in [0.25, 0.3) is 0 Å². The molecule has 18 heavy (non-hydrogen) atoms. The molecule has 0 aromatic rings. The van der Waals surface area contributed by atoms with Crippen LogP contribution < -0.4 is 0 Å². The van der Waals surface area contributed by atoms with Crippen molar-refractivity contribution in [1.82, 2.24) is 0 Å². The summed E-state index contributed by atoms with van der Waals surface area (Å²) in [5, 5.41) is 11.9. The van der Waals surface area contributed by atoms with E-state index >= 15 is 0 Å². The fourth-order valence-electron chi connectivity index (χ4n) is 2.59. The second-order valence-electron chi connectivity index (χ2n) is 5.17. The number of oxime groups is 1. The molecule has 1 atom stereocenters. The van der Waals surface area contributed by atoms with Crippen molar-refractivity contribution in [3.05, 3.63) is 22.8 Å². The van der Waals surface area contributed by atoms with Gasteiger partial charge in [-0.1, -0.05) is 19.0 Å². The Morgan fingerprint density at radius 1 is 1.39 bits per heavy atom. The van der Waals surface area contributed by atoms with Crippen LogP contribution in [-0.2, 0) is 4.79 Å². The molecule has 3 nitrogen and oxygen atoms in total. The van der Waals surface area contributed by atoms with Gasteiger partial charge in [0.25, 0.3) is 0 Å². The zero-order valence-electron chi connectivity index (χ0n) is 10.7. The minimum Gasteiger partial charge on any atom is -0.411 e. The number of hydrogen-bond donors (Lipinski definition) is 1. The summed E-state index contributed by atoms with van der Waals surface area (Å²) in [5.74, 6) is 0.139. The Balaban J connectivity index is 2.54. The SMILES string of the molecule is CC(C)C1=CC2=C(CCCCC2=NO)C(Cl)C1=O. The molecule has 0 aromatic heterocycles. The predicted molar refractivity (Wildman–Crippen MR) is 72.3 cm³/mol. The van der Waals surface area contributed by atoms with Gasteiger partial charge in [0.15, 0.2) is 5.78 Å². The summed E-state index contributed by atoms with van der Waals surface area (Å²) in [5.41, 5.74) is 3.21. The molecule has 0 saturated carbocycles. The number of nitrogens with zero attached hydrogens (tertiary/aromatic N) is 1. The largest absolute Gasteiger partial charge is 0.411 e. The Kier molecular flexibility index (Phi) is 3.91. The van der Waals surface area contributed by atoms with Gasteiger partial charge in [-0.05, 0) is 43.3 Å². The topological polar surface area (TPSA) is 49.7 Å². The number of hydrogen-bond acceptors (Lipinski definition) is 3. The molecule has 0 aliphatic heterocycles. The summed E-state index contributed by atoms with van der Waals surface area (Å²) in [6, 6.07) is 0. The van der Waals surface area contributed by atoms with Gasteiger partial charge in [-0.3, -0.25) is 4.79 Å². The molecule has 0 spiro atoms. The second kappa shape index (κ2) is 5.27. The van der Waals surface area contributed by atoms with E-state index in [-0.39, 0.29) is 11.7 Å². The summed E-state index contributed by atoms with van der Waals surface area (Å²) in [4.78, 5) is 12.2. The molecule has 98 valence electrons. The molecule has 1 N–H and O–H groups in total. The number of halogens is 1. The van der Waals surface area contributed by atoms with Crippen molar-refractivity contribution in [2.75, 3.05) is 0 Å². The molecule has 0 aromatic carbocycles. The van der Waals surface area contributed by atoms with E-state index in [0.29, 0.717) is 5.71 Å². The van der Waals surface area contributed by atoms with Crippen LogP contribution in [0.4, 0.5) is 0 Å². The molecule has 0 amide bonds. The predicted octanol–water partition coefficient (Wildman–Crippen LogP) is 3.46. The maximum atomic E-state index is 12.2. The summed E-state index contributed by atoms with van der Waals surface area (Å²) in [6.07, 6.45) is 5.39. The zero-order chi connectivity index (χ0) is 13.3. The third-order valence-corrected chi connectivity index (χ3v) is 4.09. The first-order valence-corrected chi connectivity index (χ1v) is 6.84. The van der Waals surface area contributed by atoms with E-state index in [4.69, 9.17) is 16.8 Å². The highest BCUT2D eigenvalue weighted by molar-refractivity contribution is 6.37. The molecule has 4 heteroatoms. The van der Waals surface area contributed by atoms with Crippen molar-refractivity contribution in [2.24, 2.45) is 11.1 Å². The monoisotopic (exact) mass is 267 g/mol. The van der Waals surface area contributed by atoms with Crippen molar-refractivity contribution < 1.29 is 10.0 Å². The van der Waals surface area contributed by atoms with Gasteiger partial charge in [-0.25, -0.2) is 0 Å². The van der Waals surface area contributed by atoms with E-state index < -0.39 is 5.38 Å². The van der Waals surface area contributed by atoms with Crippen LogP contribution in [0.15, 0.2) is 28.0 Å². The first-order chi connectivity index (χ1) is 8.56. The normalized spacial score (nSPS) is 27.3. The van der Waals surface area contributed by atoms with Gasteiger partial charge < -0.3 is 5.21 Å². The first-order valence-electron chi connectivity index (χ1n) is 6.40. The van der Waals surface area contributed by atoms with Crippen LogP contribution in [0, 0.1) is 5.92 Å². The molecule has 0 saturated heterocycles. The van der Waals surface area contributed by atoms with Crippen LogP contribution in [0.1, 0.15) is 39.5 Å². The lowest BCUT2D eigenvalue weighted by Gasteiger charge is -2.24. The highest BCUT2D eigenvalue weighted by Gasteiger charge is 2.33. The number of carbonyl (C=O) groups is 1. The fraction of sp³-hybridized carbons (Fsp3) is 0.571. The van der Waals surface area contributed by atoms with Gasteiger partial charge in [0.1, 0.15) is 5.38 Å². The molecule has 2 aliphatic rings. The Hall–Kier alpha value is -1.09. The van der Waals surface area contributed by atoms with E-state index in [1.54, 1.807) is 0 Å². The standard InChI is InChI=1S/C14H18ClNO2/c1-8(2)10-7-11-9(13(15)14(10)17)5-3-4-6-12(11)16-18/h7-8,13,18H,3-6H2,1-2H3. The third-order valence-electron chi connectivity index (χ3n) is 3.63. The van der Waals surface area contributed by atoms with Crippen LogP contribution >= 0.6 is 11.6 Å². The summed E-state index contributed by atoms with van der Waals surface area (Å²) in [7, 11) is 0. The third kappa shape index (κ3) is 2.24. The number of rotatable bonds is 1. The van der Waals surface area contributed by atoms with Crippen molar-refractivity contribution in [3.63, 3.8) is 0 Å². The van der Waals surface area contributed by atoms with Gasteiger partial charge in [-0.2, -0.15) is 0 Å². The Labute approximate surface area is 112 Å². The van der Waals surface area contributed by atoms with Crippen molar-refractivity contribution in [2.45, 2.75) is 44.9 Å². The first kappa shape index (κ1) is 13.3. The Bertz CT molecular complexity index is 460. The summed E-state index contributed by atoms with van der Waals surface area (Å²) < 4.78 is 0. The van der Waals surface area contributed by atoms with E-state index in [1.165, 1.54) is 0 Å². The van der Waals surface area contributed by atoms with E-state index in [2.05, 4.69) is 5.16 Å². The molecule has 0 fully saturated rings. The molecule has 0 bridgehead atoms. The summed E-state index contributed by atoms with van der Waals surface area (Å²) >= 11 is 6.29. The highest BCUT2D eigenvalue weighted by Crippen LogP contribution is 2.35. The van der Waals surface area contributed by atoms with Crippen LogP contribution in [-0.4, -0.2) is 22.1 Å². The van der Waals surface area contributed by atoms with Gasteiger partial charge in [0.05, 0.1) is 5.71 Å². The molecule has 2 rings (SSSR count). The molecule has 1 unspecified atom stereocenters. The minimum atomic E-state index is -0.586. The maximum absolute atomic E-state index is 12.2. The van der Waals surface area contributed by atoms with Gasteiger partial charge in [0.2, 0.25) is 0 Å². The Morgan fingerprint density at radius 3 is 2.67 bits per heavy atom. The van der Waals surface area contributed by atoms with E-state index in [0.717, 1.165) is 42.4 Å². The van der Waals surface area contributed by atoms with Crippen molar-refractivity contribution in [3.8, 4) is 0 Å². The van der Waals surface area contributed by atoms with Crippen molar-refractivity contribution in [1.29, 1.82) is 0 Å². The van der Waals surface area contributed by atoms with E-state index in [1.807, 2.05) is 19.9 Å². The molecular formula is C14H18ClNO2. The average Bonchev–Trinajstić information content (AvgIpc) is 2.55. The highest BCUT2D eigenvalue weighted by atomic mass is 35.5. The average molecular weight is 268 g/mol. The Morgan fingerprint density at radius 2 is 2.06 bits per heavy atom.